The molecular formula is C24H23NO3S. The summed E-state index contributed by atoms with van der Waals surface area (Å²) >= 11 is 1.62. The van der Waals surface area contributed by atoms with E-state index >= 15 is 0 Å². The highest BCUT2D eigenvalue weighted by Crippen LogP contribution is 2.29. The molecule has 0 bridgehead atoms. The molecule has 0 saturated carbocycles. The van der Waals surface area contributed by atoms with Crippen LogP contribution in [0.5, 0.6) is 11.5 Å². The maximum absolute atomic E-state index is 12.6. The van der Waals surface area contributed by atoms with Crippen LogP contribution in [0, 0.1) is 0 Å². The molecule has 0 aliphatic heterocycles. The van der Waals surface area contributed by atoms with Crippen LogP contribution in [-0.4, -0.2) is 19.6 Å². The molecule has 3 rings (SSSR count). The van der Waals surface area contributed by atoms with Crippen molar-refractivity contribution in [3.63, 3.8) is 0 Å². The van der Waals surface area contributed by atoms with Gasteiger partial charge in [-0.25, -0.2) is 0 Å². The van der Waals surface area contributed by atoms with Crippen LogP contribution < -0.4 is 14.8 Å². The smallest absolute Gasteiger partial charge is 0.244 e. The van der Waals surface area contributed by atoms with Crippen LogP contribution in [0.2, 0.25) is 0 Å². The molecule has 1 heterocycles. The minimum Gasteiger partial charge on any atom is -0.493 e. The predicted molar refractivity (Wildman–Crippen MR) is 118 cm³/mol. The Labute approximate surface area is 175 Å². The van der Waals surface area contributed by atoms with Gasteiger partial charge in [0.2, 0.25) is 5.91 Å². The summed E-state index contributed by atoms with van der Waals surface area (Å²) in [6.07, 6.45) is 4.96. The number of ether oxygens (including phenoxy) is 2. The number of amides is 1. The van der Waals surface area contributed by atoms with Gasteiger partial charge in [-0.3, -0.25) is 4.79 Å². The van der Waals surface area contributed by atoms with E-state index in [1.807, 2.05) is 66.0 Å². The molecule has 0 saturated heterocycles. The van der Waals surface area contributed by atoms with Crippen molar-refractivity contribution >= 4 is 23.3 Å². The zero-order valence-electron chi connectivity index (χ0n) is 16.2. The highest BCUT2D eigenvalue weighted by molar-refractivity contribution is 7.10. The van der Waals surface area contributed by atoms with E-state index < -0.39 is 0 Å². The first kappa shape index (κ1) is 20.4. The lowest BCUT2D eigenvalue weighted by Gasteiger charge is -2.17. The molecule has 0 aliphatic rings. The number of methoxy groups -OCH3 is 1. The van der Waals surface area contributed by atoms with E-state index in [0.717, 1.165) is 16.0 Å². The molecule has 1 N–H and O–H groups in total. The van der Waals surface area contributed by atoms with Gasteiger partial charge in [-0.15, -0.1) is 11.3 Å². The molecule has 3 aromatic rings. The van der Waals surface area contributed by atoms with Crippen molar-refractivity contribution in [2.24, 2.45) is 0 Å². The second kappa shape index (κ2) is 10.3. The average Bonchev–Trinajstić information content (AvgIpc) is 3.30. The van der Waals surface area contributed by atoms with Gasteiger partial charge in [0.1, 0.15) is 6.61 Å². The van der Waals surface area contributed by atoms with E-state index in [-0.39, 0.29) is 11.9 Å². The fraction of sp³-hybridized carbons (Fsp3) is 0.125. The minimum absolute atomic E-state index is 0.168. The van der Waals surface area contributed by atoms with Crippen LogP contribution in [0.4, 0.5) is 0 Å². The van der Waals surface area contributed by atoms with E-state index in [1.54, 1.807) is 30.6 Å². The van der Waals surface area contributed by atoms with Crippen molar-refractivity contribution in [2.75, 3.05) is 13.7 Å². The molecule has 0 fully saturated rings. The number of rotatable bonds is 9. The average molecular weight is 406 g/mol. The van der Waals surface area contributed by atoms with Crippen LogP contribution >= 0.6 is 11.3 Å². The van der Waals surface area contributed by atoms with Gasteiger partial charge in [-0.05, 0) is 40.8 Å². The summed E-state index contributed by atoms with van der Waals surface area (Å²) in [5.74, 6) is 1.07. The number of nitrogens with one attached hydrogen (secondary N) is 1. The second-order valence-electron chi connectivity index (χ2n) is 6.21. The van der Waals surface area contributed by atoms with E-state index in [1.165, 1.54) is 6.08 Å². The molecule has 29 heavy (non-hydrogen) atoms. The molecule has 2 aromatic carbocycles. The van der Waals surface area contributed by atoms with Crippen molar-refractivity contribution < 1.29 is 14.3 Å². The Kier molecular flexibility index (Phi) is 7.25. The third-order valence-corrected chi connectivity index (χ3v) is 5.16. The largest absolute Gasteiger partial charge is 0.493 e. The zero-order chi connectivity index (χ0) is 20.5. The molecule has 1 aromatic heterocycles. The predicted octanol–water partition coefficient (Wildman–Crippen LogP) is 5.24. The first-order valence-electron chi connectivity index (χ1n) is 9.20. The third kappa shape index (κ3) is 5.59. The maximum Gasteiger partial charge on any atom is 0.244 e. The van der Waals surface area contributed by atoms with Crippen molar-refractivity contribution in [3.8, 4) is 11.5 Å². The third-order valence-electron chi connectivity index (χ3n) is 4.22. The Morgan fingerprint density at radius 3 is 2.66 bits per heavy atom. The quantitative estimate of drug-likeness (QED) is 0.391. The normalized spacial score (nSPS) is 11.8. The fourth-order valence-electron chi connectivity index (χ4n) is 2.84. The summed E-state index contributed by atoms with van der Waals surface area (Å²) < 4.78 is 10.9. The summed E-state index contributed by atoms with van der Waals surface area (Å²) in [4.78, 5) is 13.7. The van der Waals surface area contributed by atoms with Crippen LogP contribution in [0.3, 0.4) is 0 Å². The number of hydrogen-bond acceptors (Lipinski definition) is 4. The lowest BCUT2D eigenvalue weighted by molar-refractivity contribution is -0.116. The molecule has 0 radical (unpaired) electrons. The fourth-order valence-corrected chi connectivity index (χ4v) is 3.64. The molecule has 1 unspecified atom stereocenters. The number of carbonyl (C=O) groups is 1. The van der Waals surface area contributed by atoms with E-state index in [0.29, 0.717) is 18.1 Å². The summed E-state index contributed by atoms with van der Waals surface area (Å²) in [6.45, 7) is 4.04. The van der Waals surface area contributed by atoms with Crippen LogP contribution in [-0.2, 0) is 4.79 Å². The summed E-state index contributed by atoms with van der Waals surface area (Å²) in [6, 6.07) is 19.3. The summed E-state index contributed by atoms with van der Waals surface area (Å²) in [7, 11) is 1.59. The maximum atomic E-state index is 12.6. The van der Waals surface area contributed by atoms with Crippen LogP contribution in [0.25, 0.3) is 6.08 Å². The van der Waals surface area contributed by atoms with Gasteiger partial charge in [-0.1, -0.05) is 55.1 Å². The lowest BCUT2D eigenvalue weighted by atomic mass is 10.1. The topological polar surface area (TPSA) is 47.6 Å². The molecule has 148 valence electrons. The number of hydrogen-bond donors (Lipinski definition) is 1. The number of carbonyl (C=O) groups excluding carboxylic acids is 1. The SMILES string of the molecule is C=CCOc1ccc(/C=C/C(=O)NC(c2ccccc2)c2cccs2)cc1OC. The Balaban J connectivity index is 1.73. The Morgan fingerprint density at radius 2 is 1.97 bits per heavy atom. The van der Waals surface area contributed by atoms with Gasteiger partial charge < -0.3 is 14.8 Å². The molecule has 0 aliphatic carbocycles. The Hall–Kier alpha value is -3.31. The van der Waals surface area contributed by atoms with Gasteiger partial charge >= 0.3 is 0 Å². The number of benzene rings is 2. The van der Waals surface area contributed by atoms with E-state index in [9.17, 15) is 4.79 Å². The van der Waals surface area contributed by atoms with Gasteiger partial charge in [0.05, 0.1) is 13.2 Å². The number of thiophene rings is 1. The van der Waals surface area contributed by atoms with Crippen LogP contribution in [0.1, 0.15) is 22.0 Å². The summed E-state index contributed by atoms with van der Waals surface area (Å²) in [5.41, 5.74) is 1.89. The van der Waals surface area contributed by atoms with Gasteiger partial charge in [-0.2, -0.15) is 0 Å². The lowest BCUT2D eigenvalue weighted by Crippen LogP contribution is -2.27. The van der Waals surface area contributed by atoms with Crippen molar-refractivity contribution in [1.29, 1.82) is 0 Å². The van der Waals surface area contributed by atoms with Crippen molar-refractivity contribution in [3.05, 3.63) is 101 Å². The molecule has 0 spiro atoms. The Morgan fingerprint density at radius 1 is 1.14 bits per heavy atom. The monoisotopic (exact) mass is 405 g/mol. The highest BCUT2D eigenvalue weighted by Gasteiger charge is 2.16. The first-order chi connectivity index (χ1) is 14.2. The molecule has 1 atom stereocenters. The summed E-state index contributed by atoms with van der Waals surface area (Å²) in [5, 5.41) is 5.10. The molecule has 4 nitrogen and oxygen atoms in total. The standard InChI is InChI=1S/C24H23NO3S/c1-3-15-28-20-13-11-18(17-21(20)27-2)12-14-23(26)25-24(22-10-7-16-29-22)19-8-5-4-6-9-19/h3-14,16-17,24H,1,15H2,2H3,(H,25,26)/b14-12+. The van der Waals surface area contributed by atoms with Crippen molar-refractivity contribution in [2.45, 2.75) is 6.04 Å². The van der Waals surface area contributed by atoms with Gasteiger partial charge in [0.25, 0.3) is 0 Å². The minimum atomic E-state index is -0.183. The van der Waals surface area contributed by atoms with Crippen molar-refractivity contribution in [1.82, 2.24) is 5.32 Å². The molecule has 1 amide bonds. The van der Waals surface area contributed by atoms with E-state index in [4.69, 9.17) is 9.47 Å². The van der Waals surface area contributed by atoms with Crippen LogP contribution in [0.15, 0.2) is 84.8 Å². The molecular weight excluding hydrogens is 382 g/mol. The van der Waals surface area contributed by atoms with Gasteiger partial charge in [0.15, 0.2) is 11.5 Å². The first-order valence-corrected chi connectivity index (χ1v) is 10.1. The van der Waals surface area contributed by atoms with Gasteiger partial charge in [0, 0.05) is 11.0 Å². The molecule has 5 heteroatoms. The second-order valence-corrected chi connectivity index (χ2v) is 7.19. The zero-order valence-corrected chi connectivity index (χ0v) is 17.0. The van der Waals surface area contributed by atoms with E-state index in [2.05, 4.69) is 11.9 Å². The Bertz CT molecular complexity index is 965. The highest BCUT2D eigenvalue weighted by atomic mass is 32.1.